The van der Waals surface area contributed by atoms with E-state index in [0.717, 1.165) is 57.2 Å². The number of benzene rings is 1. The molecule has 32 heavy (non-hydrogen) atoms. The van der Waals surface area contributed by atoms with Crippen molar-refractivity contribution in [2.45, 2.75) is 70.8 Å². The molecule has 2 unspecified atom stereocenters. The van der Waals surface area contributed by atoms with Crippen LogP contribution in [0, 0.1) is 5.92 Å². The van der Waals surface area contributed by atoms with E-state index >= 15 is 0 Å². The molecule has 2 aromatic rings. The molecule has 0 amide bonds. The van der Waals surface area contributed by atoms with Crippen LogP contribution in [0.3, 0.4) is 0 Å². The highest BCUT2D eigenvalue weighted by molar-refractivity contribution is 14.0. The molecule has 3 heterocycles. The van der Waals surface area contributed by atoms with E-state index in [1.165, 1.54) is 43.5 Å². The molecule has 0 radical (unpaired) electrons. The van der Waals surface area contributed by atoms with Crippen molar-refractivity contribution in [3.63, 3.8) is 0 Å². The first-order valence-corrected chi connectivity index (χ1v) is 12.2. The Balaban J connectivity index is 0.00000289. The average Bonchev–Trinajstić information content (AvgIpc) is 3.05. The highest BCUT2D eigenvalue weighted by atomic mass is 127. The lowest BCUT2D eigenvalue weighted by atomic mass is 9.79. The summed E-state index contributed by atoms with van der Waals surface area (Å²) in [6.45, 7) is 6.47. The minimum absolute atomic E-state index is 0. The molecule has 7 heteroatoms. The van der Waals surface area contributed by atoms with Crippen molar-refractivity contribution in [3.8, 4) is 0 Å². The first-order valence-electron chi connectivity index (χ1n) is 12.2. The standard InChI is InChI=1S/C25H38N6.HI/c1-3-20-19-30(18-15-22(20)21-11-6-4-7-12-21)25(26-2)27-16-10-14-24-29-28-23-13-8-5-9-17-31(23)24;/h4,6-7,11-12,20,22H,3,5,8-10,13-19H2,1-2H3,(H,26,27);1H. The smallest absolute Gasteiger partial charge is 0.193 e. The van der Waals surface area contributed by atoms with Crippen LogP contribution in [0.15, 0.2) is 35.3 Å². The van der Waals surface area contributed by atoms with Crippen molar-refractivity contribution >= 4 is 29.9 Å². The van der Waals surface area contributed by atoms with Crippen LogP contribution in [0.4, 0.5) is 0 Å². The van der Waals surface area contributed by atoms with Gasteiger partial charge in [0.05, 0.1) is 0 Å². The minimum Gasteiger partial charge on any atom is -0.356 e. The number of aliphatic imine (C=N–C) groups is 1. The lowest BCUT2D eigenvalue weighted by molar-refractivity contribution is 0.215. The maximum absolute atomic E-state index is 4.59. The summed E-state index contributed by atoms with van der Waals surface area (Å²) in [4.78, 5) is 7.05. The van der Waals surface area contributed by atoms with Crippen LogP contribution >= 0.6 is 24.0 Å². The summed E-state index contributed by atoms with van der Waals surface area (Å²) >= 11 is 0. The number of nitrogens with one attached hydrogen (secondary N) is 1. The molecule has 2 aliphatic heterocycles. The van der Waals surface area contributed by atoms with E-state index in [-0.39, 0.29) is 24.0 Å². The van der Waals surface area contributed by atoms with Crippen LogP contribution in [0.5, 0.6) is 0 Å². The molecule has 176 valence electrons. The van der Waals surface area contributed by atoms with Gasteiger partial charge in [-0.3, -0.25) is 4.99 Å². The third-order valence-electron chi connectivity index (χ3n) is 7.04. The van der Waals surface area contributed by atoms with E-state index in [2.05, 4.69) is 67.2 Å². The molecular formula is C25H39IN6. The SMILES string of the molecule is CCC1CN(C(=NC)NCCCc2nnc3n2CCCCC3)CCC1c1ccccc1.I. The number of aromatic nitrogens is 3. The van der Waals surface area contributed by atoms with Crippen molar-refractivity contribution in [3.05, 3.63) is 47.5 Å². The molecule has 1 saturated heterocycles. The van der Waals surface area contributed by atoms with Gasteiger partial charge in [0.2, 0.25) is 0 Å². The molecule has 1 fully saturated rings. The second-order valence-corrected chi connectivity index (χ2v) is 8.99. The number of hydrogen-bond acceptors (Lipinski definition) is 3. The molecule has 0 bridgehead atoms. The lowest BCUT2D eigenvalue weighted by Gasteiger charge is -2.40. The second-order valence-electron chi connectivity index (χ2n) is 8.99. The van der Waals surface area contributed by atoms with Gasteiger partial charge in [0, 0.05) is 46.1 Å². The van der Waals surface area contributed by atoms with Gasteiger partial charge in [-0.1, -0.05) is 50.1 Å². The van der Waals surface area contributed by atoms with Gasteiger partial charge < -0.3 is 14.8 Å². The number of nitrogens with zero attached hydrogens (tertiary/aromatic N) is 5. The number of fused-ring (bicyclic) bond motifs is 1. The van der Waals surface area contributed by atoms with E-state index in [0.29, 0.717) is 11.8 Å². The van der Waals surface area contributed by atoms with Crippen molar-refractivity contribution < 1.29 is 0 Å². The zero-order valence-electron chi connectivity index (χ0n) is 19.7. The molecule has 0 saturated carbocycles. The number of aryl methyl sites for hydroxylation is 2. The van der Waals surface area contributed by atoms with Crippen LogP contribution in [-0.2, 0) is 19.4 Å². The van der Waals surface area contributed by atoms with Crippen LogP contribution in [-0.4, -0.2) is 52.3 Å². The zero-order chi connectivity index (χ0) is 21.5. The van der Waals surface area contributed by atoms with Gasteiger partial charge in [0.1, 0.15) is 11.6 Å². The number of piperidine rings is 1. The number of rotatable bonds is 6. The Morgan fingerprint density at radius 1 is 1.12 bits per heavy atom. The van der Waals surface area contributed by atoms with Crippen molar-refractivity contribution in [1.29, 1.82) is 0 Å². The van der Waals surface area contributed by atoms with Crippen molar-refractivity contribution in [2.24, 2.45) is 10.9 Å². The summed E-state index contributed by atoms with van der Waals surface area (Å²) in [6, 6.07) is 11.0. The predicted octanol–water partition coefficient (Wildman–Crippen LogP) is 4.65. The highest BCUT2D eigenvalue weighted by Gasteiger charge is 2.30. The quantitative estimate of drug-likeness (QED) is 0.246. The first kappa shape index (κ1) is 25.0. The fraction of sp³-hybridized carbons (Fsp3) is 0.640. The van der Waals surface area contributed by atoms with Crippen LogP contribution in [0.2, 0.25) is 0 Å². The van der Waals surface area contributed by atoms with E-state index < -0.39 is 0 Å². The van der Waals surface area contributed by atoms with Gasteiger partial charge in [0.25, 0.3) is 0 Å². The Labute approximate surface area is 210 Å². The second kappa shape index (κ2) is 12.6. The summed E-state index contributed by atoms with van der Waals surface area (Å²) in [5, 5.41) is 12.5. The molecule has 2 atom stereocenters. The molecule has 0 aliphatic carbocycles. The predicted molar refractivity (Wildman–Crippen MR) is 142 cm³/mol. The van der Waals surface area contributed by atoms with Gasteiger partial charge >= 0.3 is 0 Å². The van der Waals surface area contributed by atoms with E-state index in [9.17, 15) is 0 Å². The lowest BCUT2D eigenvalue weighted by Crippen LogP contribution is -2.48. The number of hydrogen-bond donors (Lipinski definition) is 1. The largest absolute Gasteiger partial charge is 0.356 e. The van der Waals surface area contributed by atoms with Crippen LogP contribution in [0.1, 0.15) is 68.6 Å². The molecule has 4 rings (SSSR count). The summed E-state index contributed by atoms with van der Waals surface area (Å²) < 4.78 is 2.36. The average molecular weight is 551 g/mol. The Morgan fingerprint density at radius 3 is 2.75 bits per heavy atom. The fourth-order valence-corrected chi connectivity index (χ4v) is 5.29. The topological polar surface area (TPSA) is 58.3 Å². The van der Waals surface area contributed by atoms with Crippen LogP contribution in [0.25, 0.3) is 0 Å². The summed E-state index contributed by atoms with van der Waals surface area (Å²) in [5.74, 6) is 4.71. The Hall–Kier alpha value is -1.64. The number of guanidine groups is 1. The third-order valence-corrected chi connectivity index (χ3v) is 7.04. The van der Waals surface area contributed by atoms with Gasteiger partial charge in [0.15, 0.2) is 5.96 Å². The minimum atomic E-state index is 0. The molecule has 0 spiro atoms. The van der Waals surface area contributed by atoms with Gasteiger partial charge in [-0.05, 0) is 43.1 Å². The maximum Gasteiger partial charge on any atom is 0.193 e. The monoisotopic (exact) mass is 550 g/mol. The maximum atomic E-state index is 4.59. The fourth-order valence-electron chi connectivity index (χ4n) is 5.29. The number of halogens is 1. The third kappa shape index (κ3) is 6.02. The Morgan fingerprint density at radius 2 is 1.97 bits per heavy atom. The van der Waals surface area contributed by atoms with Gasteiger partial charge in [-0.2, -0.15) is 0 Å². The van der Waals surface area contributed by atoms with E-state index in [1.54, 1.807) is 0 Å². The Kier molecular flexibility index (Phi) is 9.81. The Bertz CT molecular complexity index is 849. The van der Waals surface area contributed by atoms with Gasteiger partial charge in [-0.25, -0.2) is 0 Å². The molecule has 1 aromatic carbocycles. The number of likely N-dealkylation sites (tertiary alicyclic amines) is 1. The highest BCUT2D eigenvalue weighted by Crippen LogP contribution is 2.34. The van der Waals surface area contributed by atoms with Crippen LogP contribution < -0.4 is 5.32 Å². The summed E-state index contributed by atoms with van der Waals surface area (Å²) in [7, 11) is 1.91. The molecule has 1 aromatic heterocycles. The van der Waals surface area contributed by atoms with Crippen molar-refractivity contribution in [1.82, 2.24) is 25.0 Å². The molecule has 1 N–H and O–H groups in total. The summed E-state index contributed by atoms with van der Waals surface area (Å²) in [6.07, 6.45) is 9.30. The van der Waals surface area contributed by atoms with Crippen molar-refractivity contribution in [2.75, 3.05) is 26.7 Å². The molecule has 6 nitrogen and oxygen atoms in total. The molecular weight excluding hydrogens is 511 g/mol. The summed E-state index contributed by atoms with van der Waals surface area (Å²) in [5.41, 5.74) is 1.49. The first-order chi connectivity index (χ1) is 15.3. The zero-order valence-corrected chi connectivity index (χ0v) is 22.0. The van der Waals surface area contributed by atoms with E-state index in [4.69, 9.17) is 0 Å². The normalized spacial score (nSPS) is 21.4. The van der Waals surface area contributed by atoms with Gasteiger partial charge in [-0.15, -0.1) is 34.2 Å². The molecule has 2 aliphatic rings. The van der Waals surface area contributed by atoms with E-state index in [1.807, 2.05) is 7.05 Å².